The van der Waals surface area contributed by atoms with Gasteiger partial charge in [0.25, 0.3) is 0 Å². The fourth-order valence-corrected chi connectivity index (χ4v) is 5.28. The standard InChI is InChI=1S/C29H24ClF3N8O/c30-23-10-19(9-22-26(17(12-34)13-35-28(22)23)38-20-11-24(32)29(33)36-14-20)37-27(16-1-3-18(31)4-2-16)25-15-41(40-39-25)21-5-7-42-8-6-21/h1-4,9-11,13-15,21,27,37,39-40H,5-8H2,(H,35,38)/t27-/m0/s1. The number of fused-ring (bicyclic) bond motifs is 1. The number of nitriles is 1. The minimum atomic E-state index is -1.23. The predicted octanol–water partition coefficient (Wildman–Crippen LogP) is 5.81. The molecule has 1 atom stereocenters. The van der Waals surface area contributed by atoms with Crippen molar-refractivity contribution in [1.29, 1.82) is 5.26 Å². The van der Waals surface area contributed by atoms with Crippen LogP contribution in [0.25, 0.3) is 10.9 Å². The lowest BCUT2D eigenvalue weighted by atomic mass is 10.0. The molecule has 9 nitrogen and oxygen atoms in total. The summed E-state index contributed by atoms with van der Waals surface area (Å²) >= 11 is 6.67. The molecule has 214 valence electrons. The van der Waals surface area contributed by atoms with E-state index in [2.05, 4.69) is 37.6 Å². The van der Waals surface area contributed by atoms with E-state index in [0.29, 0.717) is 40.5 Å². The third kappa shape index (κ3) is 5.62. The Morgan fingerprint density at radius 2 is 1.83 bits per heavy atom. The van der Waals surface area contributed by atoms with Crippen molar-refractivity contribution in [3.8, 4) is 6.07 Å². The van der Waals surface area contributed by atoms with Crippen LogP contribution in [0.5, 0.6) is 0 Å². The van der Waals surface area contributed by atoms with Gasteiger partial charge in [-0.2, -0.15) is 9.65 Å². The van der Waals surface area contributed by atoms with Crippen molar-refractivity contribution in [3.05, 3.63) is 100 Å². The Morgan fingerprint density at radius 1 is 1.05 bits per heavy atom. The van der Waals surface area contributed by atoms with Crippen molar-refractivity contribution in [3.63, 3.8) is 0 Å². The van der Waals surface area contributed by atoms with Gasteiger partial charge in [-0.05, 0) is 42.7 Å². The summed E-state index contributed by atoms with van der Waals surface area (Å²) in [6.07, 6.45) is 6.17. The molecule has 6 rings (SSSR count). The highest BCUT2D eigenvalue weighted by Crippen LogP contribution is 2.37. The first-order valence-electron chi connectivity index (χ1n) is 13.1. The Balaban J connectivity index is 1.39. The van der Waals surface area contributed by atoms with Crippen LogP contribution in [0.15, 0.2) is 66.8 Å². The van der Waals surface area contributed by atoms with Crippen LogP contribution in [0.3, 0.4) is 0 Å². The van der Waals surface area contributed by atoms with Gasteiger partial charge in [-0.15, -0.1) is 5.53 Å². The van der Waals surface area contributed by atoms with Gasteiger partial charge in [-0.1, -0.05) is 23.7 Å². The maximum atomic E-state index is 13.9. The minimum Gasteiger partial charge on any atom is -0.381 e. The largest absolute Gasteiger partial charge is 0.381 e. The van der Waals surface area contributed by atoms with Crippen molar-refractivity contribution in [2.45, 2.75) is 24.9 Å². The fraction of sp³-hybridized carbons (Fsp3) is 0.207. The molecule has 2 aromatic carbocycles. The van der Waals surface area contributed by atoms with E-state index in [1.54, 1.807) is 24.3 Å². The van der Waals surface area contributed by atoms with Crippen LogP contribution in [0.1, 0.15) is 30.0 Å². The Morgan fingerprint density at radius 3 is 2.57 bits per heavy atom. The first kappa shape index (κ1) is 27.6. The predicted molar refractivity (Wildman–Crippen MR) is 152 cm³/mol. The van der Waals surface area contributed by atoms with Crippen molar-refractivity contribution in [1.82, 2.24) is 25.9 Å². The second kappa shape index (κ2) is 11.7. The third-order valence-electron chi connectivity index (χ3n) is 7.13. The number of aromatic nitrogens is 2. The molecule has 1 saturated heterocycles. The molecule has 0 saturated carbocycles. The van der Waals surface area contributed by atoms with Crippen LogP contribution >= 0.6 is 11.6 Å². The van der Waals surface area contributed by atoms with Gasteiger partial charge >= 0.3 is 0 Å². The molecule has 2 aliphatic rings. The van der Waals surface area contributed by atoms with E-state index in [4.69, 9.17) is 16.3 Å². The Hall–Kier alpha value is -4.57. The molecule has 0 spiro atoms. The monoisotopic (exact) mass is 592 g/mol. The molecule has 0 aliphatic carbocycles. The van der Waals surface area contributed by atoms with Gasteiger partial charge in [0.15, 0.2) is 5.82 Å². The van der Waals surface area contributed by atoms with Crippen LogP contribution in [0.2, 0.25) is 5.02 Å². The smallest absolute Gasteiger partial charge is 0.249 e. The summed E-state index contributed by atoms with van der Waals surface area (Å²) in [4.78, 5) is 7.76. The highest BCUT2D eigenvalue weighted by molar-refractivity contribution is 6.36. The van der Waals surface area contributed by atoms with E-state index < -0.39 is 17.8 Å². The van der Waals surface area contributed by atoms with Crippen LogP contribution < -0.4 is 21.6 Å². The van der Waals surface area contributed by atoms with Gasteiger partial charge in [-0.25, -0.2) is 13.8 Å². The number of nitrogens with zero attached hydrogens (tertiary/aromatic N) is 4. The molecular formula is C29H24ClF3N8O. The summed E-state index contributed by atoms with van der Waals surface area (Å²) < 4.78 is 46.7. The van der Waals surface area contributed by atoms with Gasteiger partial charge < -0.3 is 20.8 Å². The Labute approximate surface area is 243 Å². The number of hydrazine groups is 2. The van der Waals surface area contributed by atoms with Crippen LogP contribution in [0.4, 0.5) is 30.2 Å². The summed E-state index contributed by atoms with van der Waals surface area (Å²) in [6.45, 7) is 1.36. The molecule has 4 heterocycles. The van der Waals surface area contributed by atoms with Crippen molar-refractivity contribution in [2.24, 2.45) is 0 Å². The lowest BCUT2D eigenvalue weighted by molar-refractivity contribution is 0.0348. The zero-order valence-electron chi connectivity index (χ0n) is 22.0. The van der Waals surface area contributed by atoms with Crippen molar-refractivity contribution in [2.75, 3.05) is 23.8 Å². The summed E-state index contributed by atoms with van der Waals surface area (Å²) in [5.41, 5.74) is 9.53. The summed E-state index contributed by atoms with van der Waals surface area (Å²) in [7, 11) is 0. The minimum absolute atomic E-state index is 0.135. The number of pyridine rings is 2. The first-order chi connectivity index (χ1) is 20.4. The number of halogens is 4. The highest BCUT2D eigenvalue weighted by atomic mass is 35.5. The molecule has 13 heteroatoms. The Kier molecular flexibility index (Phi) is 7.71. The molecule has 0 bridgehead atoms. The van der Waals surface area contributed by atoms with Crippen LogP contribution in [0, 0.1) is 28.9 Å². The van der Waals surface area contributed by atoms with E-state index >= 15 is 0 Å². The second-order valence-electron chi connectivity index (χ2n) is 9.84. The number of nitrogens with one attached hydrogen (secondary N) is 4. The zero-order chi connectivity index (χ0) is 29.2. The third-order valence-corrected chi connectivity index (χ3v) is 7.42. The number of rotatable bonds is 7. The second-order valence-corrected chi connectivity index (χ2v) is 10.2. The SMILES string of the molecule is N#Cc1cnc2c(Cl)cc(N[C@H](C3=CN(C4CCOCC4)NN3)c3ccc(F)cc3)cc2c1Nc1cnc(F)c(F)c1. The summed E-state index contributed by atoms with van der Waals surface area (Å²) in [5, 5.41) is 19.0. The van der Waals surface area contributed by atoms with E-state index in [-0.39, 0.29) is 23.1 Å². The quantitative estimate of drug-likeness (QED) is 0.198. The van der Waals surface area contributed by atoms with E-state index in [0.717, 1.165) is 36.4 Å². The van der Waals surface area contributed by atoms with Gasteiger partial charge in [0.2, 0.25) is 5.95 Å². The van der Waals surface area contributed by atoms with E-state index in [1.165, 1.54) is 18.3 Å². The van der Waals surface area contributed by atoms with Gasteiger partial charge in [0, 0.05) is 42.8 Å². The molecule has 4 aromatic rings. The van der Waals surface area contributed by atoms with E-state index in [9.17, 15) is 18.4 Å². The zero-order valence-corrected chi connectivity index (χ0v) is 22.7. The maximum Gasteiger partial charge on any atom is 0.249 e. The molecule has 2 aromatic heterocycles. The molecular weight excluding hydrogens is 569 g/mol. The van der Waals surface area contributed by atoms with Crippen LogP contribution in [-0.2, 0) is 4.74 Å². The number of anilines is 3. The average Bonchev–Trinajstić information content (AvgIpc) is 3.49. The van der Waals surface area contributed by atoms with E-state index in [1.807, 2.05) is 11.2 Å². The lowest BCUT2D eigenvalue weighted by Crippen LogP contribution is -2.45. The van der Waals surface area contributed by atoms with Gasteiger partial charge in [-0.3, -0.25) is 9.99 Å². The topological polar surface area (TPSA) is 110 Å². The lowest BCUT2D eigenvalue weighted by Gasteiger charge is -2.30. The average molecular weight is 593 g/mol. The molecule has 0 unspecified atom stereocenters. The highest BCUT2D eigenvalue weighted by Gasteiger charge is 2.28. The molecule has 2 aliphatic heterocycles. The summed E-state index contributed by atoms with van der Waals surface area (Å²) in [6, 6.07) is 12.4. The number of hydrogen-bond donors (Lipinski definition) is 4. The van der Waals surface area contributed by atoms with Crippen molar-refractivity contribution < 1.29 is 17.9 Å². The van der Waals surface area contributed by atoms with Gasteiger partial charge in [0.05, 0.1) is 51.5 Å². The number of benzene rings is 2. The number of hydrogen-bond acceptors (Lipinski definition) is 9. The first-order valence-corrected chi connectivity index (χ1v) is 13.5. The summed E-state index contributed by atoms with van der Waals surface area (Å²) in [5.74, 6) is -2.74. The van der Waals surface area contributed by atoms with Gasteiger partial charge in [0.1, 0.15) is 11.9 Å². The molecule has 42 heavy (non-hydrogen) atoms. The van der Waals surface area contributed by atoms with Crippen LogP contribution in [-0.4, -0.2) is 34.2 Å². The molecule has 4 N–H and O–H groups in total. The molecule has 1 fully saturated rings. The fourth-order valence-electron chi connectivity index (χ4n) is 5.01. The normalized spacial score (nSPS) is 16.1. The Bertz CT molecular complexity index is 1710. The molecule has 0 radical (unpaired) electrons. The molecule has 0 amide bonds. The van der Waals surface area contributed by atoms with Crippen molar-refractivity contribution >= 4 is 39.6 Å². The number of ether oxygens (including phenoxy) is 1. The maximum absolute atomic E-state index is 13.9.